The molecule has 1 aromatic heterocycles. The Kier molecular flexibility index (Phi) is 4.10. The van der Waals surface area contributed by atoms with E-state index in [0.29, 0.717) is 5.56 Å². The molecule has 0 bridgehead atoms. The van der Waals surface area contributed by atoms with Crippen LogP contribution in [0.25, 0.3) is 11.4 Å². The van der Waals surface area contributed by atoms with Crippen molar-refractivity contribution in [3.63, 3.8) is 0 Å². The van der Waals surface area contributed by atoms with Crippen molar-refractivity contribution in [2.45, 2.75) is 25.3 Å². The van der Waals surface area contributed by atoms with Crippen LogP contribution in [0, 0.1) is 0 Å². The van der Waals surface area contributed by atoms with Gasteiger partial charge in [0.25, 0.3) is 5.91 Å². The molecule has 0 saturated carbocycles. The molecule has 0 fully saturated rings. The number of hydrogen-bond donors (Lipinski definition) is 1. The fourth-order valence-electron chi connectivity index (χ4n) is 3.75. The van der Waals surface area contributed by atoms with Crippen molar-refractivity contribution >= 4 is 5.91 Å². The average Bonchev–Trinajstić information content (AvgIpc) is 3.21. The van der Waals surface area contributed by atoms with E-state index < -0.39 is 0 Å². The first-order valence-corrected chi connectivity index (χ1v) is 8.69. The van der Waals surface area contributed by atoms with Gasteiger partial charge < -0.3 is 9.88 Å². The summed E-state index contributed by atoms with van der Waals surface area (Å²) in [5, 5.41) is 0. The molecule has 4 heteroatoms. The number of amides is 1. The minimum absolute atomic E-state index is 0.0358. The van der Waals surface area contributed by atoms with Crippen LogP contribution in [0.2, 0.25) is 0 Å². The zero-order chi connectivity index (χ0) is 17.2. The van der Waals surface area contributed by atoms with E-state index in [1.807, 2.05) is 36.2 Å². The number of carbonyl (C=O) groups is 1. The van der Waals surface area contributed by atoms with E-state index in [9.17, 15) is 4.79 Å². The smallest absolute Gasteiger partial charge is 0.254 e. The quantitative estimate of drug-likeness (QED) is 0.781. The normalized spacial score (nSPS) is 16.3. The topological polar surface area (TPSA) is 49.0 Å². The lowest BCUT2D eigenvalue weighted by Crippen LogP contribution is -2.33. The maximum absolute atomic E-state index is 13.3. The molecule has 0 radical (unpaired) electrons. The van der Waals surface area contributed by atoms with Crippen molar-refractivity contribution in [2.75, 3.05) is 7.05 Å². The van der Waals surface area contributed by atoms with Gasteiger partial charge in [0.05, 0.1) is 11.6 Å². The van der Waals surface area contributed by atoms with Crippen molar-refractivity contribution in [3.8, 4) is 11.4 Å². The van der Waals surface area contributed by atoms with Crippen molar-refractivity contribution in [1.82, 2.24) is 14.9 Å². The Morgan fingerprint density at radius 2 is 1.96 bits per heavy atom. The third kappa shape index (κ3) is 2.84. The number of fused-ring (bicyclic) bond motifs is 1. The van der Waals surface area contributed by atoms with E-state index in [1.54, 1.807) is 12.4 Å². The van der Waals surface area contributed by atoms with Crippen molar-refractivity contribution in [1.29, 1.82) is 0 Å². The van der Waals surface area contributed by atoms with E-state index in [2.05, 4.69) is 34.2 Å². The van der Waals surface area contributed by atoms with Gasteiger partial charge in [0.1, 0.15) is 5.82 Å². The predicted octanol–water partition coefficient (Wildman–Crippen LogP) is 4.23. The number of aromatic nitrogens is 2. The van der Waals surface area contributed by atoms with Crippen LogP contribution in [0.1, 0.15) is 40.4 Å². The number of carbonyl (C=O) groups excluding carboxylic acids is 1. The standard InChI is InChI=1S/C21H21N3O/c1-24(19-12-6-8-15-7-2-3-9-16(15)19)21(25)18-11-5-4-10-17(18)20-22-13-14-23-20/h2-5,7,9-11,13-14,19H,6,8,12H2,1H3,(H,22,23)/t19-/m0/s1. The summed E-state index contributed by atoms with van der Waals surface area (Å²) in [5.74, 6) is 0.759. The van der Waals surface area contributed by atoms with E-state index in [0.717, 1.165) is 30.7 Å². The van der Waals surface area contributed by atoms with Gasteiger partial charge in [-0.15, -0.1) is 0 Å². The van der Waals surface area contributed by atoms with E-state index >= 15 is 0 Å². The van der Waals surface area contributed by atoms with Gasteiger partial charge in [-0.25, -0.2) is 4.98 Å². The molecule has 3 aromatic rings. The van der Waals surface area contributed by atoms with Crippen LogP contribution in [0.15, 0.2) is 60.9 Å². The van der Waals surface area contributed by atoms with Crippen molar-refractivity contribution in [2.24, 2.45) is 0 Å². The van der Waals surface area contributed by atoms with Crippen LogP contribution in [0.3, 0.4) is 0 Å². The van der Waals surface area contributed by atoms with E-state index in [-0.39, 0.29) is 11.9 Å². The first kappa shape index (κ1) is 15.6. The first-order valence-electron chi connectivity index (χ1n) is 8.69. The molecule has 1 heterocycles. The average molecular weight is 331 g/mol. The van der Waals surface area contributed by atoms with Crippen LogP contribution in [-0.2, 0) is 6.42 Å². The first-order chi connectivity index (χ1) is 12.3. The third-order valence-electron chi connectivity index (χ3n) is 5.04. The summed E-state index contributed by atoms with van der Waals surface area (Å²) in [4.78, 5) is 22.6. The summed E-state index contributed by atoms with van der Waals surface area (Å²) < 4.78 is 0. The molecule has 2 aromatic carbocycles. The molecular weight excluding hydrogens is 310 g/mol. The molecule has 1 atom stereocenters. The molecule has 4 nitrogen and oxygen atoms in total. The maximum atomic E-state index is 13.3. The minimum atomic E-state index is 0.0358. The molecule has 0 aliphatic heterocycles. The highest BCUT2D eigenvalue weighted by molar-refractivity contribution is 6.00. The zero-order valence-electron chi connectivity index (χ0n) is 14.3. The minimum Gasteiger partial charge on any atom is -0.345 e. The molecule has 25 heavy (non-hydrogen) atoms. The number of hydrogen-bond acceptors (Lipinski definition) is 2. The van der Waals surface area contributed by atoms with Crippen molar-refractivity contribution < 1.29 is 4.79 Å². The van der Waals surface area contributed by atoms with Gasteiger partial charge in [0.2, 0.25) is 0 Å². The summed E-state index contributed by atoms with van der Waals surface area (Å²) in [6, 6.07) is 16.3. The number of rotatable bonds is 3. The monoisotopic (exact) mass is 331 g/mol. The van der Waals surface area contributed by atoms with Crippen molar-refractivity contribution in [3.05, 3.63) is 77.6 Å². The van der Waals surface area contributed by atoms with Crippen LogP contribution < -0.4 is 0 Å². The summed E-state index contributed by atoms with van der Waals surface area (Å²) in [6.45, 7) is 0. The largest absolute Gasteiger partial charge is 0.345 e. The second kappa shape index (κ2) is 6.55. The molecule has 1 N–H and O–H groups in total. The van der Waals surface area contributed by atoms with Gasteiger partial charge in [-0.05, 0) is 36.5 Å². The predicted molar refractivity (Wildman–Crippen MR) is 98.2 cm³/mol. The number of imidazole rings is 1. The summed E-state index contributed by atoms with van der Waals surface area (Å²) in [5.41, 5.74) is 4.16. The molecular formula is C21H21N3O. The zero-order valence-corrected chi connectivity index (χ0v) is 14.3. The van der Waals surface area contributed by atoms with E-state index in [1.165, 1.54) is 11.1 Å². The summed E-state index contributed by atoms with van der Waals surface area (Å²) in [6.07, 6.45) is 6.69. The number of benzene rings is 2. The summed E-state index contributed by atoms with van der Waals surface area (Å²) >= 11 is 0. The molecule has 0 saturated heterocycles. The van der Waals surface area contributed by atoms with Gasteiger partial charge in [-0.3, -0.25) is 4.79 Å². The van der Waals surface area contributed by atoms with Gasteiger partial charge in [0.15, 0.2) is 0 Å². The van der Waals surface area contributed by atoms with Crippen LogP contribution in [0.4, 0.5) is 0 Å². The molecule has 4 rings (SSSR count). The van der Waals surface area contributed by atoms with Gasteiger partial charge in [0, 0.05) is 25.0 Å². The molecule has 0 spiro atoms. The molecule has 1 amide bonds. The number of H-pyrrole nitrogens is 1. The van der Waals surface area contributed by atoms with Crippen LogP contribution in [0.5, 0.6) is 0 Å². The lowest BCUT2D eigenvalue weighted by Gasteiger charge is -2.33. The van der Waals surface area contributed by atoms with Crippen LogP contribution >= 0.6 is 0 Å². The Morgan fingerprint density at radius 1 is 1.16 bits per heavy atom. The highest BCUT2D eigenvalue weighted by Gasteiger charge is 2.28. The summed E-state index contributed by atoms with van der Waals surface area (Å²) in [7, 11) is 1.91. The Morgan fingerprint density at radius 3 is 2.80 bits per heavy atom. The van der Waals surface area contributed by atoms with Gasteiger partial charge in [-0.1, -0.05) is 42.5 Å². The molecule has 1 aliphatic carbocycles. The maximum Gasteiger partial charge on any atom is 0.254 e. The fourth-order valence-corrected chi connectivity index (χ4v) is 3.75. The van der Waals surface area contributed by atoms with Gasteiger partial charge in [-0.2, -0.15) is 0 Å². The SMILES string of the molecule is CN(C(=O)c1ccccc1-c1ncc[nH]1)[C@H]1CCCc2ccccc21. The molecule has 0 unspecified atom stereocenters. The number of nitrogens with zero attached hydrogens (tertiary/aromatic N) is 2. The Balaban J connectivity index is 1.69. The Labute approximate surface area is 147 Å². The van der Waals surface area contributed by atoms with Gasteiger partial charge >= 0.3 is 0 Å². The van der Waals surface area contributed by atoms with Crippen LogP contribution in [-0.4, -0.2) is 27.8 Å². The second-order valence-electron chi connectivity index (χ2n) is 6.51. The Bertz CT molecular complexity index is 886. The van der Waals surface area contributed by atoms with E-state index in [4.69, 9.17) is 0 Å². The second-order valence-corrected chi connectivity index (χ2v) is 6.51. The highest BCUT2D eigenvalue weighted by Crippen LogP contribution is 2.35. The number of aryl methyl sites for hydroxylation is 1. The third-order valence-corrected chi connectivity index (χ3v) is 5.04. The number of aromatic amines is 1. The lowest BCUT2D eigenvalue weighted by atomic mass is 9.86. The highest BCUT2D eigenvalue weighted by atomic mass is 16.2. The Hall–Kier alpha value is -2.88. The number of nitrogens with one attached hydrogen (secondary N) is 1. The lowest BCUT2D eigenvalue weighted by molar-refractivity contribution is 0.0716. The fraction of sp³-hybridized carbons (Fsp3) is 0.238. The molecule has 126 valence electrons. The molecule has 1 aliphatic rings.